The number of carbonyl (C=O) groups is 2. The summed E-state index contributed by atoms with van der Waals surface area (Å²) in [5.41, 5.74) is 8.60. The molecule has 21 heavy (non-hydrogen) atoms. The fraction of sp³-hybridized carbons (Fsp3) is 0.125. The minimum absolute atomic E-state index is 0.00214. The average Bonchev–Trinajstić information content (AvgIpc) is 2.37. The zero-order valence-corrected chi connectivity index (χ0v) is 11.8. The lowest BCUT2D eigenvalue weighted by Crippen LogP contribution is -2.16. The molecule has 0 aliphatic carbocycles. The summed E-state index contributed by atoms with van der Waals surface area (Å²) in [5.74, 6) is -1.48. The molecular weight excluding hydrogens is 268 g/mol. The van der Waals surface area contributed by atoms with Crippen molar-refractivity contribution >= 4 is 23.3 Å². The van der Waals surface area contributed by atoms with E-state index in [1.807, 2.05) is 26.0 Å². The summed E-state index contributed by atoms with van der Waals surface area (Å²) in [5, 5.41) is 11.7. The number of amides is 1. The summed E-state index contributed by atoms with van der Waals surface area (Å²) in [6, 6.07) is 9.73. The van der Waals surface area contributed by atoms with E-state index >= 15 is 0 Å². The Labute approximate surface area is 122 Å². The number of benzene rings is 2. The highest BCUT2D eigenvalue weighted by Gasteiger charge is 2.15. The molecule has 5 heteroatoms. The molecule has 5 nitrogen and oxygen atoms in total. The molecule has 2 aromatic rings. The Bertz CT molecular complexity index is 723. The highest BCUT2D eigenvalue weighted by Crippen LogP contribution is 2.21. The SMILES string of the molecule is Cc1ccc(C(=O)Nc2cc(N)ccc2C(=O)O)c(C)c1. The molecule has 0 spiro atoms. The van der Waals surface area contributed by atoms with Gasteiger partial charge in [0, 0.05) is 11.3 Å². The Morgan fingerprint density at radius 1 is 1.05 bits per heavy atom. The van der Waals surface area contributed by atoms with Gasteiger partial charge >= 0.3 is 5.97 Å². The van der Waals surface area contributed by atoms with Crippen LogP contribution < -0.4 is 11.1 Å². The van der Waals surface area contributed by atoms with Gasteiger partial charge in [-0.3, -0.25) is 4.79 Å². The highest BCUT2D eigenvalue weighted by atomic mass is 16.4. The molecule has 0 atom stereocenters. The van der Waals surface area contributed by atoms with Crippen LogP contribution >= 0.6 is 0 Å². The molecule has 1 amide bonds. The van der Waals surface area contributed by atoms with Crippen LogP contribution in [0.4, 0.5) is 11.4 Å². The van der Waals surface area contributed by atoms with E-state index in [9.17, 15) is 9.59 Å². The molecule has 108 valence electrons. The molecule has 4 N–H and O–H groups in total. The van der Waals surface area contributed by atoms with Crippen molar-refractivity contribution in [3.05, 3.63) is 58.7 Å². The number of anilines is 2. The second-order valence-corrected chi connectivity index (χ2v) is 4.88. The fourth-order valence-corrected chi connectivity index (χ4v) is 2.11. The van der Waals surface area contributed by atoms with Crippen LogP contribution in [-0.2, 0) is 0 Å². The smallest absolute Gasteiger partial charge is 0.337 e. The Balaban J connectivity index is 2.35. The first kappa shape index (κ1) is 14.6. The number of hydrogen-bond acceptors (Lipinski definition) is 3. The number of aryl methyl sites for hydroxylation is 2. The van der Waals surface area contributed by atoms with E-state index in [1.54, 1.807) is 6.07 Å². The molecule has 0 fully saturated rings. The number of hydrogen-bond donors (Lipinski definition) is 3. The predicted molar refractivity (Wildman–Crippen MR) is 81.7 cm³/mol. The maximum atomic E-state index is 12.3. The molecule has 0 radical (unpaired) electrons. The van der Waals surface area contributed by atoms with E-state index in [4.69, 9.17) is 10.8 Å². The number of carboxylic acids is 1. The van der Waals surface area contributed by atoms with E-state index < -0.39 is 5.97 Å². The standard InChI is InChI=1S/C16H16N2O3/c1-9-3-5-12(10(2)7-9)15(19)18-14-8-11(17)4-6-13(14)16(20)21/h3-8H,17H2,1-2H3,(H,18,19)(H,20,21). The molecule has 0 bridgehead atoms. The minimum Gasteiger partial charge on any atom is -0.478 e. The zero-order chi connectivity index (χ0) is 15.6. The number of nitrogens with two attached hydrogens (primary N) is 1. The summed E-state index contributed by atoms with van der Waals surface area (Å²) in [4.78, 5) is 23.5. The van der Waals surface area contributed by atoms with Gasteiger partial charge in [-0.25, -0.2) is 4.79 Å². The van der Waals surface area contributed by atoms with Crippen LogP contribution in [0.25, 0.3) is 0 Å². The van der Waals surface area contributed by atoms with Gasteiger partial charge in [-0.2, -0.15) is 0 Å². The lowest BCUT2D eigenvalue weighted by Gasteiger charge is -2.11. The minimum atomic E-state index is -1.12. The molecule has 2 rings (SSSR count). The van der Waals surface area contributed by atoms with Crippen molar-refractivity contribution < 1.29 is 14.7 Å². The lowest BCUT2D eigenvalue weighted by atomic mass is 10.0. The van der Waals surface area contributed by atoms with E-state index in [1.165, 1.54) is 18.2 Å². The van der Waals surface area contributed by atoms with Gasteiger partial charge in [0.25, 0.3) is 5.91 Å². The Morgan fingerprint density at radius 2 is 1.71 bits per heavy atom. The molecule has 0 saturated carbocycles. The summed E-state index contributed by atoms with van der Waals surface area (Å²) in [6.07, 6.45) is 0. The first-order valence-corrected chi connectivity index (χ1v) is 6.40. The zero-order valence-electron chi connectivity index (χ0n) is 11.8. The van der Waals surface area contributed by atoms with Gasteiger partial charge in [-0.1, -0.05) is 17.7 Å². The molecule has 0 aliphatic rings. The average molecular weight is 284 g/mol. The molecule has 0 aromatic heterocycles. The van der Waals surface area contributed by atoms with E-state index in [0.717, 1.165) is 11.1 Å². The molecule has 2 aromatic carbocycles. The van der Waals surface area contributed by atoms with Crippen molar-refractivity contribution in [2.24, 2.45) is 0 Å². The monoisotopic (exact) mass is 284 g/mol. The number of aromatic carboxylic acids is 1. The van der Waals surface area contributed by atoms with Crippen LogP contribution in [0, 0.1) is 13.8 Å². The van der Waals surface area contributed by atoms with Gasteiger partial charge in [-0.15, -0.1) is 0 Å². The van der Waals surface area contributed by atoms with Crippen LogP contribution in [0.15, 0.2) is 36.4 Å². The van der Waals surface area contributed by atoms with Gasteiger partial charge in [0.2, 0.25) is 0 Å². The van der Waals surface area contributed by atoms with Crippen molar-refractivity contribution in [3.8, 4) is 0 Å². The van der Waals surface area contributed by atoms with Crippen molar-refractivity contribution in [1.82, 2.24) is 0 Å². The second-order valence-electron chi connectivity index (χ2n) is 4.88. The van der Waals surface area contributed by atoms with Gasteiger partial charge in [-0.05, 0) is 43.7 Å². The molecule has 0 unspecified atom stereocenters. The van der Waals surface area contributed by atoms with E-state index in [-0.39, 0.29) is 17.2 Å². The number of carboxylic acid groups (broad SMARTS) is 1. The van der Waals surface area contributed by atoms with Gasteiger partial charge in [0.1, 0.15) is 0 Å². The highest BCUT2D eigenvalue weighted by molar-refractivity contribution is 6.08. The van der Waals surface area contributed by atoms with Crippen LogP contribution in [0.2, 0.25) is 0 Å². The summed E-state index contributed by atoms with van der Waals surface area (Å²) >= 11 is 0. The summed E-state index contributed by atoms with van der Waals surface area (Å²) < 4.78 is 0. The second kappa shape index (κ2) is 5.66. The van der Waals surface area contributed by atoms with Crippen LogP contribution in [0.1, 0.15) is 31.8 Å². The number of carbonyl (C=O) groups excluding carboxylic acids is 1. The lowest BCUT2D eigenvalue weighted by molar-refractivity contribution is 0.0698. The Hall–Kier alpha value is -2.82. The topological polar surface area (TPSA) is 92.4 Å². The maximum absolute atomic E-state index is 12.3. The van der Waals surface area contributed by atoms with Gasteiger partial charge in [0.15, 0.2) is 0 Å². The third-order valence-electron chi connectivity index (χ3n) is 3.15. The van der Waals surface area contributed by atoms with Crippen molar-refractivity contribution in [1.29, 1.82) is 0 Å². The summed E-state index contributed by atoms with van der Waals surface area (Å²) in [7, 11) is 0. The number of nitrogens with one attached hydrogen (secondary N) is 1. The number of rotatable bonds is 3. The van der Waals surface area contributed by atoms with Crippen molar-refractivity contribution in [3.63, 3.8) is 0 Å². The van der Waals surface area contributed by atoms with Gasteiger partial charge < -0.3 is 16.2 Å². The van der Waals surface area contributed by atoms with Crippen molar-refractivity contribution in [2.75, 3.05) is 11.1 Å². The maximum Gasteiger partial charge on any atom is 0.337 e. The molecule has 0 saturated heterocycles. The summed E-state index contributed by atoms with van der Waals surface area (Å²) in [6.45, 7) is 3.77. The molecule has 0 aliphatic heterocycles. The van der Waals surface area contributed by atoms with Gasteiger partial charge in [0.05, 0.1) is 11.3 Å². The van der Waals surface area contributed by atoms with Crippen LogP contribution in [0.5, 0.6) is 0 Å². The van der Waals surface area contributed by atoms with Crippen molar-refractivity contribution in [2.45, 2.75) is 13.8 Å². The predicted octanol–water partition coefficient (Wildman–Crippen LogP) is 2.84. The largest absolute Gasteiger partial charge is 0.478 e. The third kappa shape index (κ3) is 3.20. The molecular formula is C16H16N2O3. The Kier molecular flexibility index (Phi) is 3.93. The quantitative estimate of drug-likeness (QED) is 0.756. The normalized spacial score (nSPS) is 10.2. The van der Waals surface area contributed by atoms with E-state index in [2.05, 4.69) is 5.32 Å². The fourth-order valence-electron chi connectivity index (χ4n) is 2.11. The first-order chi connectivity index (χ1) is 9.88. The number of nitrogen functional groups attached to an aromatic ring is 1. The first-order valence-electron chi connectivity index (χ1n) is 6.40. The van der Waals surface area contributed by atoms with Crippen LogP contribution in [-0.4, -0.2) is 17.0 Å². The van der Waals surface area contributed by atoms with Crippen LogP contribution in [0.3, 0.4) is 0 Å². The third-order valence-corrected chi connectivity index (χ3v) is 3.15. The molecule has 0 heterocycles. The van der Waals surface area contributed by atoms with E-state index in [0.29, 0.717) is 11.3 Å². The Morgan fingerprint density at radius 3 is 2.33 bits per heavy atom.